The maximum atomic E-state index is 11.7. The van der Waals surface area contributed by atoms with E-state index in [4.69, 9.17) is 4.74 Å². The molecule has 1 atom stereocenters. The molecule has 0 bridgehead atoms. The van der Waals surface area contributed by atoms with Crippen LogP contribution in [-0.4, -0.2) is 33.7 Å². The number of rotatable bonds is 9. The number of nitrogens with zero attached hydrogens (tertiary/aromatic N) is 2. The van der Waals surface area contributed by atoms with Gasteiger partial charge in [-0.25, -0.2) is 14.8 Å². The van der Waals surface area contributed by atoms with Crippen LogP contribution in [0.25, 0.3) is 11.3 Å². The molecule has 1 heterocycles. The largest absolute Gasteiger partial charge is 0.493 e. The van der Waals surface area contributed by atoms with Crippen LogP contribution in [0, 0.1) is 5.92 Å². The number of carboxylic acids is 1. The standard InChI is InChI=1S/C24H25N3O3/c28-24(29)22(13-17-5-2-1-3-6-17)27-23-14-21(25-16-26-23)19-9-11-20(12-10-19)30-15-18-7-4-8-18/h1-3,5-6,9-12,14,16,18,22H,4,7-8,13,15H2,(H,28,29)(H,25,26,27). The van der Waals surface area contributed by atoms with Crippen molar-refractivity contribution >= 4 is 11.8 Å². The Bertz CT molecular complexity index is 973. The molecule has 30 heavy (non-hydrogen) atoms. The number of hydrogen-bond donors (Lipinski definition) is 2. The molecule has 1 aliphatic carbocycles. The van der Waals surface area contributed by atoms with Crippen molar-refractivity contribution in [1.82, 2.24) is 9.97 Å². The summed E-state index contributed by atoms with van der Waals surface area (Å²) >= 11 is 0. The molecule has 0 amide bonds. The third kappa shape index (κ3) is 5.14. The Kier molecular flexibility index (Phi) is 6.23. The predicted octanol–water partition coefficient (Wildman–Crippen LogP) is 4.43. The van der Waals surface area contributed by atoms with Gasteiger partial charge in [-0.15, -0.1) is 0 Å². The van der Waals surface area contributed by atoms with Crippen LogP contribution in [0.15, 0.2) is 67.0 Å². The summed E-state index contributed by atoms with van der Waals surface area (Å²) in [5, 5.41) is 12.6. The number of carbonyl (C=O) groups is 1. The lowest BCUT2D eigenvalue weighted by Crippen LogP contribution is -2.31. The molecule has 1 saturated carbocycles. The van der Waals surface area contributed by atoms with E-state index in [1.165, 1.54) is 25.6 Å². The molecule has 154 valence electrons. The molecule has 6 nitrogen and oxygen atoms in total. The van der Waals surface area contributed by atoms with E-state index < -0.39 is 12.0 Å². The first-order chi connectivity index (χ1) is 14.7. The van der Waals surface area contributed by atoms with Crippen LogP contribution in [0.3, 0.4) is 0 Å². The summed E-state index contributed by atoms with van der Waals surface area (Å²) in [6.45, 7) is 0.777. The van der Waals surface area contributed by atoms with Gasteiger partial charge < -0.3 is 15.2 Å². The van der Waals surface area contributed by atoms with E-state index in [9.17, 15) is 9.90 Å². The molecule has 4 rings (SSSR count). The Morgan fingerprint density at radius 1 is 1.10 bits per heavy atom. The van der Waals surface area contributed by atoms with Crippen LogP contribution in [-0.2, 0) is 11.2 Å². The summed E-state index contributed by atoms with van der Waals surface area (Å²) in [6.07, 6.45) is 5.64. The van der Waals surface area contributed by atoms with Crippen LogP contribution in [0.4, 0.5) is 5.82 Å². The van der Waals surface area contributed by atoms with Gasteiger partial charge in [0.15, 0.2) is 0 Å². The fraction of sp³-hybridized carbons (Fsp3) is 0.292. The molecule has 3 aromatic rings. The van der Waals surface area contributed by atoms with Crippen molar-refractivity contribution in [3.05, 3.63) is 72.6 Å². The maximum Gasteiger partial charge on any atom is 0.326 e. The Morgan fingerprint density at radius 2 is 1.87 bits per heavy atom. The summed E-state index contributed by atoms with van der Waals surface area (Å²) in [4.78, 5) is 20.2. The van der Waals surface area contributed by atoms with Gasteiger partial charge in [-0.1, -0.05) is 36.8 Å². The highest BCUT2D eigenvalue weighted by atomic mass is 16.5. The fourth-order valence-corrected chi connectivity index (χ4v) is 3.42. The van der Waals surface area contributed by atoms with Crippen molar-refractivity contribution < 1.29 is 14.6 Å². The Balaban J connectivity index is 1.42. The smallest absolute Gasteiger partial charge is 0.326 e. The van der Waals surface area contributed by atoms with E-state index in [-0.39, 0.29) is 0 Å². The number of hydrogen-bond acceptors (Lipinski definition) is 5. The molecule has 2 aromatic carbocycles. The number of carboxylic acid groups (broad SMARTS) is 1. The minimum atomic E-state index is -0.924. The lowest BCUT2D eigenvalue weighted by atomic mass is 9.86. The average molecular weight is 403 g/mol. The van der Waals surface area contributed by atoms with E-state index >= 15 is 0 Å². The number of ether oxygens (including phenoxy) is 1. The van der Waals surface area contributed by atoms with Gasteiger partial charge in [-0.2, -0.15) is 0 Å². The molecule has 0 aliphatic heterocycles. The highest BCUT2D eigenvalue weighted by Crippen LogP contribution is 2.28. The first-order valence-corrected chi connectivity index (χ1v) is 10.3. The first-order valence-electron chi connectivity index (χ1n) is 10.3. The first kappa shape index (κ1) is 19.9. The Hall–Kier alpha value is -3.41. The van der Waals surface area contributed by atoms with Gasteiger partial charge in [-0.3, -0.25) is 0 Å². The van der Waals surface area contributed by atoms with E-state index in [1.54, 1.807) is 6.07 Å². The van der Waals surface area contributed by atoms with Crippen LogP contribution >= 0.6 is 0 Å². The van der Waals surface area contributed by atoms with Crippen molar-refractivity contribution in [3.8, 4) is 17.0 Å². The number of benzene rings is 2. The van der Waals surface area contributed by atoms with Crippen molar-refractivity contribution in [2.75, 3.05) is 11.9 Å². The van der Waals surface area contributed by atoms with Gasteiger partial charge in [0.2, 0.25) is 0 Å². The van der Waals surface area contributed by atoms with Crippen molar-refractivity contribution in [1.29, 1.82) is 0 Å². The van der Waals surface area contributed by atoms with E-state index in [0.717, 1.165) is 29.2 Å². The van der Waals surface area contributed by atoms with Crippen molar-refractivity contribution in [2.24, 2.45) is 5.92 Å². The van der Waals surface area contributed by atoms with Gasteiger partial charge in [0.25, 0.3) is 0 Å². The maximum absolute atomic E-state index is 11.7. The summed E-state index contributed by atoms with van der Waals surface area (Å²) in [5.74, 6) is 1.10. The number of anilines is 1. The van der Waals surface area contributed by atoms with Gasteiger partial charge in [0.05, 0.1) is 12.3 Å². The Morgan fingerprint density at radius 3 is 2.53 bits per heavy atom. The van der Waals surface area contributed by atoms with E-state index in [2.05, 4.69) is 15.3 Å². The average Bonchev–Trinajstić information content (AvgIpc) is 2.73. The zero-order valence-electron chi connectivity index (χ0n) is 16.7. The fourth-order valence-electron chi connectivity index (χ4n) is 3.42. The molecular weight excluding hydrogens is 378 g/mol. The molecule has 0 spiro atoms. The van der Waals surface area contributed by atoms with E-state index in [1.807, 2.05) is 54.6 Å². The third-order valence-electron chi connectivity index (χ3n) is 5.43. The van der Waals surface area contributed by atoms with Gasteiger partial charge in [0, 0.05) is 18.1 Å². The summed E-state index contributed by atoms with van der Waals surface area (Å²) in [6, 6.07) is 18.3. The topological polar surface area (TPSA) is 84.3 Å². The van der Waals surface area contributed by atoms with Crippen molar-refractivity contribution in [3.63, 3.8) is 0 Å². The molecule has 2 N–H and O–H groups in total. The molecule has 1 fully saturated rings. The van der Waals surface area contributed by atoms with Gasteiger partial charge in [0.1, 0.15) is 23.9 Å². The predicted molar refractivity (Wildman–Crippen MR) is 115 cm³/mol. The summed E-state index contributed by atoms with van der Waals surface area (Å²) < 4.78 is 5.85. The lowest BCUT2D eigenvalue weighted by molar-refractivity contribution is -0.137. The zero-order chi connectivity index (χ0) is 20.8. The quantitative estimate of drug-likeness (QED) is 0.550. The second-order valence-electron chi connectivity index (χ2n) is 7.65. The molecule has 0 radical (unpaired) electrons. The highest BCUT2D eigenvalue weighted by molar-refractivity contribution is 5.77. The number of aromatic nitrogens is 2. The minimum Gasteiger partial charge on any atom is -0.493 e. The van der Waals surface area contributed by atoms with Crippen LogP contribution in [0.5, 0.6) is 5.75 Å². The zero-order valence-corrected chi connectivity index (χ0v) is 16.7. The normalized spacial score (nSPS) is 14.5. The van der Waals surface area contributed by atoms with Crippen LogP contribution in [0.2, 0.25) is 0 Å². The number of nitrogens with one attached hydrogen (secondary N) is 1. The minimum absolute atomic E-state index is 0.364. The second-order valence-corrected chi connectivity index (χ2v) is 7.65. The summed E-state index contributed by atoms with van der Waals surface area (Å²) in [7, 11) is 0. The van der Waals surface area contributed by atoms with Gasteiger partial charge in [-0.05, 0) is 48.6 Å². The molecule has 0 saturated heterocycles. The van der Waals surface area contributed by atoms with Gasteiger partial charge >= 0.3 is 5.97 Å². The monoisotopic (exact) mass is 403 g/mol. The third-order valence-corrected chi connectivity index (χ3v) is 5.43. The second kappa shape index (κ2) is 9.39. The molecular formula is C24H25N3O3. The van der Waals surface area contributed by atoms with Crippen LogP contribution in [0.1, 0.15) is 24.8 Å². The molecule has 1 aliphatic rings. The Labute approximate surface area is 176 Å². The number of aliphatic carboxylic acids is 1. The lowest BCUT2D eigenvalue weighted by Gasteiger charge is -2.25. The highest BCUT2D eigenvalue weighted by Gasteiger charge is 2.19. The molecule has 1 unspecified atom stereocenters. The van der Waals surface area contributed by atoms with E-state index in [0.29, 0.717) is 18.2 Å². The van der Waals surface area contributed by atoms with Crippen LogP contribution < -0.4 is 10.1 Å². The summed E-state index contributed by atoms with van der Waals surface area (Å²) in [5.41, 5.74) is 2.59. The molecule has 6 heteroatoms. The van der Waals surface area contributed by atoms with Crippen molar-refractivity contribution in [2.45, 2.75) is 31.7 Å². The SMILES string of the molecule is O=C(O)C(Cc1ccccc1)Nc1cc(-c2ccc(OCC3CCC3)cc2)ncn1. The molecule has 1 aromatic heterocycles.